The van der Waals surface area contributed by atoms with Crippen molar-refractivity contribution in [1.29, 1.82) is 0 Å². The Morgan fingerprint density at radius 2 is 2.12 bits per heavy atom. The molecular formula is C14H20ClN. The summed E-state index contributed by atoms with van der Waals surface area (Å²) in [4.78, 5) is 0. The van der Waals surface area contributed by atoms with Crippen molar-refractivity contribution in [3.05, 3.63) is 34.3 Å². The van der Waals surface area contributed by atoms with Gasteiger partial charge in [-0.1, -0.05) is 31.0 Å². The molecule has 0 bridgehead atoms. The summed E-state index contributed by atoms with van der Waals surface area (Å²) >= 11 is 6.05. The van der Waals surface area contributed by atoms with Gasteiger partial charge < -0.3 is 5.32 Å². The Balaban J connectivity index is 2.00. The zero-order valence-electron chi connectivity index (χ0n) is 9.93. The SMILES string of the molecule is CCCCc1cc(Cl)ccc1CNC1CC1. The summed E-state index contributed by atoms with van der Waals surface area (Å²) in [6.45, 7) is 3.23. The molecule has 0 atom stereocenters. The van der Waals surface area contributed by atoms with Crippen molar-refractivity contribution in [2.75, 3.05) is 0 Å². The third-order valence-corrected chi connectivity index (χ3v) is 3.36. The fourth-order valence-corrected chi connectivity index (χ4v) is 2.10. The van der Waals surface area contributed by atoms with Crippen LogP contribution in [0.5, 0.6) is 0 Å². The molecule has 2 heteroatoms. The predicted molar refractivity (Wildman–Crippen MR) is 69.9 cm³/mol. The molecule has 0 unspecified atom stereocenters. The quantitative estimate of drug-likeness (QED) is 0.791. The van der Waals surface area contributed by atoms with Gasteiger partial charge in [-0.2, -0.15) is 0 Å². The van der Waals surface area contributed by atoms with Crippen LogP contribution in [0.4, 0.5) is 0 Å². The van der Waals surface area contributed by atoms with E-state index >= 15 is 0 Å². The number of hydrogen-bond donors (Lipinski definition) is 1. The molecule has 0 spiro atoms. The van der Waals surface area contributed by atoms with Gasteiger partial charge >= 0.3 is 0 Å². The zero-order valence-corrected chi connectivity index (χ0v) is 10.7. The van der Waals surface area contributed by atoms with E-state index in [1.807, 2.05) is 6.07 Å². The minimum Gasteiger partial charge on any atom is -0.310 e. The number of aryl methyl sites for hydroxylation is 1. The van der Waals surface area contributed by atoms with Crippen LogP contribution < -0.4 is 5.32 Å². The molecule has 1 aliphatic rings. The Bertz CT molecular complexity index is 345. The van der Waals surface area contributed by atoms with E-state index < -0.39 is 0 Å². The van der Waals surface area contributed by atoms with Crippen LogP contribution in [-0.4, -0.2) is 6.04 Å². The first-order valence-electron chi connectivity index (χ1n) is 6.30. The first-order chi connectivity index (χ1) is 7.79. The van der Waals surface area contributed by atoms with Crippen LogP contribution in [0.2, 0.25) is 5.02 Å². The van der Waals surface area contributed by atoms with Crippen molar-refractivity contribution in [3.63, 3.8) is 0 Å². The van der Waals surface area contributed by atoms with Gasteiger partial charge in [0.1, 0.15) is 0 Å². The van der Waals surface area contributed by atoms with Gasteiger partial charge in [0.05, 0.1) is 0 Å². The van der Waals surface area contributed by atoms with Crippen molar-refractivity contribution < 1.29 is 0 Å². The Kier molecular flexibility index (Phi) is 4.25. The van der Waals surface area contributed by atoms with E-state index in [0.717, 1.165) is 24.0 Å². The van der Waals surface area contributed by atoms with Crippen molar-refractivity contribution in [2.24, 2.45) is 0 Å². The van der Waals surface area contributed by atoms with Gasteiger partial charge in [-0.15, -0.1) is 0 Å². The highest BCUT2D eigenvalue weighted by molar-refractivity contribution is 6.30. The maximum absolute atomic E-state index is 6.05. The lowest BCUT2D eigenvalue weighted by molar-refractivity contribution is 0.677. The van der Waals surface area contributed by atoms with Gasteiger partial charge in [-0.25, -0.2) is 0 Å². The smallest absolute Gasteiger partial charge is 0.0408 e. The van der Waals surface area contributed by atoms with Crippen LogP contribution in [0.25, 0.3) is 0 Å². The van der Waals surface area contributed by atoms with Crippen LogP contribution in [0.15, 0.2) is 18.2 Å². The normalized spacial score (nSPS) is 15.4. The Hall–Kier alpha value is -0.530. The molecular weight excluding hydrogens is 218 g/mol. The third kappa shape index (κ3) is 3.50. The van der Waals surface area contributed by atoms with Gasteiger partial charge in [0.15, 0.2) is 0 Å². The third-order valence-electron chi connectivity index (χ3n) is 3.13. The molecule has 0 saturated heterocycles. The lowest BCUT2D eigenvalue weighted by Crippen LogP contribution is -2.16. The molecule has 0 amide bonds. The second-order valence-corrected chi connectivity index (χ2v) is 5.11. The molecule has 88 valence electrons. The highest BCUT2D eigenvalue weighted by Gasteiger charge is 2.20. The summed E-state index contributed by atoms with van der Waals surface area (Å²) in [5.74, 6) is 0. The minimum absolute atomic E-state index is 0.773. The minimum atomic E-state index is 0.773. The maximum atomic E-state index is 6.05. The Morgan fingerprint density at radius 3 is 2.81 bits per heavy atom. The molecule has 1 nitrogen and oxygen atoms in total. The van der Waals surface area contributed by atoms with E-state index in [0.29, 0.717) is 0 Å². The Labute approximate surface area is 103 Å². The lowest BCUT2D eigenvalue weighted by atomic mass is 10.0. The number of unbranched alkanes of at least 4 members (excludes halogenated alkanes) is 1. The maximum Gasteiger partial charge on any atom is 0.0408 e. The number of rotatable bonds is 6. The molecule has 0 radical (unpaired) electrons. The second kappa shape index (κ2) is 5.70. The molecule has 0 heterocycles. The first kappa shape index (κ1) is 11.9. The fraction of sp³-hybridized carbons (Fsp3) is 0.571. The predicted octanol–water partition coefficient (Wildman–Crippen LogP) is 3.93. The van der Waals surface area contributed by atoms with Crippen molar-refractivity contribution in [1.82, 2.24) is 5.32 Å². The average Bonchev–Trinajstić information content (AvgIpc) is 3.09. The summed E-state index contributed by atoms with van der Waals surface area (Å²) in [6, 6.07) is 7.07. The van der Waals surface area contributed by atoms with E-state index in [1.54, 1.807) is 0 Å². The van der Waals surface area contributed by atoms with Gasteiger partial charge in [0, 0.05) is 17.6 Å². The summed E-state index contributed by atoms with van der Waals surface area (Å²) in [6.07, 6.45) is 6.33. The number of hydrogen-bond acceptors (Lipinski definition) is 1. The number of benzene rings is 1. The topological polar surface area (TPSA) is 12.0 Å². The Morgan fingerprint density at radius 1 is 1.31 bits per heavy atom. The van der Waals surface area contributed by atoms with E-state index in [4.69, 9.17) is 11.6 Å². The molecule has 0 aromatic heterocycles. The molecule has 1 aromatic carbocycles. The molecule has 2 rings (SSSR count). The average molecular weight is 238 g/mol. The fourth-order valence-electron chi connectivity index (χ4n) is 1.91. The standard InChI is InChI=1S/C14H20ClN/c1-2-3-4-11-9-13(15)6-5-12(11)10-16-14-7-8-14/h5-6,9,14,16H,2-4,7-8,10H2,1H3. The molecule has 0 aliphatic heterocycles. The van der Waals surface area contributed by atoms with E-state index in [2.05, 4.69) is 24.4 Å². The van der Waals surface area contributed by atoms with Crippen molar-refractivity contribution in [3.8, 4) is 0 Å². The highest BCUT2D eigenvalue weighted by atomic mass is 35.5. The largest absolute Gasteiger partial charge is 0.310 e. The number of halogens is 1. The zero-order chi connectivity index (χ0) is 11.4. The van der Waals surface area contributed by atoms with Crippen LogP contribution in [-0.2, 0) is 13.0 Å². The summed E-state index contributed by atoms with van der Waals surface area (Å²) in [5, 5.41) is 4.43. The van der Waals surface area contributed by atoms with Crippen LogP contribution in [0, 0.1) is 0 Å². The number of nitrogens with one attached hydrogen (secondary N) is 1. The van der Waals surface area contributed by atoms with E-state index in [9.17, 15) is 0 Å². The van der Waals surface area contributed by atoms with Crippen molar-refractivity contribution >= 4 is 11.6 Å². The van der Waals surface area contributed by atoms with Gasteiger partial charge in [-0.05, 0) is 48.9 Å². The van der Waals surface area contributed by atoms with Gasteiger partial charge in [0.2, 0.25) is 0 Å². The highest BCUT2D eigenvalue weighted by Crippen LogP contribution is 2.22. The summed E-state index contributed by atoms with van der Waals surface area (Å²) in [5.41, 5.74) is 2.84. The van der Waals surface area contributed by atoms with Crippen molar-refractivity contribution in [2.45, 2.75) is 51.6 Å². The molecule has 1 aromatic rings. The van der Waals surface area contributed by atoms with Crippen LogP contribution in [0.3, 0.4) is 0 Å². The second-order valence-electron chi connectivity index (χ2n) is 4.67. The monoisotopic (exact) mass is 237 g/mol. The van der Waals surface area contributed by atoms with E-state index in [1.165, 1.54) is 36.8 Å². The molecule has 1 N–H and O–H groups in total. The summed E-state index contributed by atoms with van der Waals surface area (Å²) in [7, 11) is 0. The van der Waals surface area contributed by atoms with Gasteiger partial charge in [0.25, 0.3) is 0 Å². The van der Waals surface area contributed by atoms with E-state index in [-0.39, 0.29) is 0 Å². The first-order valence-corrected chi connectivity index (χ1v) is 6.68. The molecule has 1 saturated carbocycles. The molecule has 1 aliphatic carbocycles. The van der Waals surface area contributed by atoms with Crippen LogP contribution >= 0.6 is 11.6 Å². The molecule has 16 heavy (non-hydrogen) atoms. The lowest BCUT2D eigenvalue weighted by Gasteiger charge is -2.10. The van der Waals surface area contributed by atoms with Crippen LogP contribution in [0.1, 0.15) is 43.7 Å². The summed E-state index contributed by atoms with van der Waals surface area (Å²) < 4.78 is 0. The molecule has 1 fully saturated rings. The van der Waals surface area contributed by atoms with Gasteiger partial charge in [-0.3, -0.25) is 0 Å².